The van der Waals surface area contributed by atoms with Crippen LogP contribution in [0.3, 0.4) is 0 Å². The monoisotopic (exact) mass is 303 g/mol. The first kappa shape index (κ1) is 19.9. The van der Waals surface area contributed by atoms with E-state index in [2.05, 4.69) is 13.8 Å². The van der Waals surface area contributed by atoms with Crippen LogP contribution in [0.5, 0.6) is 0 Å². The SMILES string of the molecule is CC(C)CCCC(=O)OC(C)(N)O[C@@H](C)OC(=O)C(C)C. The molecule has 0 rings (SSSR count). The van der Waals surface area contributed by atoms with E-state index in [1.165, 1.54) is 13.8 Å². The van der Waals surface area contributed by atoms with Gasteiger partial charge in [0, 0.05) is 13.3 Å². The zero-order valence-corrected chi connectivity index (χ0v) is 14.0. The molecule has 2 atom stereocenters. The summed E-state index contributed by atoms with van der Waals surface area (Å²) in [5, 5.41) is 0. The van der Waals surface area contributed by atoms with Crippen LogP contribution in [0.4, 0.5) is 0 Å². The Bertz CT molecular complexity index is 339. The van der Waals surface area contributed by atoms with Gasteiger partial charge < -0.3 is 9.47 Å². The molecule has 0 radical (unpaired) electrons. The van der Waals surface area contributed by atoms with Crippen molar-refractivity contribution in [3.05, 3.63) is 0 Å². The summed E-state index contributed by atoms with van der Waals surface area (Å²) < 4.78 is 15.3. The van der Waals surface area contributed by atoms with Crippen molar-refractivity contribution >= 4 is 11.9 Å². The van der Waals surface area contributed by atoms with Gasteiger partial charge in [0.2, 0.25) is 6.29 Å². The summed E-state index contributed by atoms with van der Waals surface area (Å²) in [5.41, 5.74) is 5.75. The highest BCUT2D eigenvalue weighted by Gasteiger charge is 2.28. The molecule has 0 fully saturated rings. The first-order chi connectivity index (χ1) is 9.53. The van der Waals surface area contributed by atoms with Crippen LogP contribution in [0, 0.1) is 11.8 Å². The van der Waals surface area contributed by atoms with Crippen molar-refractivity contribution in [2.24, 2.45) is 17.6 Å². The lowest BCUT2D eigenvalue weighted by Gasteiger charge is -2.28. The molecule has 6 nitrogen and oxygen atoms in total. The third-order valence-electron chi connectivity index (χ3n) is 2.63. The molecular formula is C15H29NO5. The van der Waals surface area contributed by atoms with Crippen LogP contribution < -0.4 is 5.73 Å². The first-order valence-corrected chi connectivity index (χ1v) is 7.42. The smallest absolute Gasteiger partial charge is 0.310 e. The van der Waals surface area contributed by atoms with E-state index in [0.29, 0.717) is 5.92 Å². The molecule has 0 amide bonds. The van der Waals surface area contributed by atoms with Gasteiger partial charge in [-0.15, -0.1) is 0 Å². The Hall–Kier alpha value is -1.14. The molecule has 0 aliphatic carbocycles. The van der Waals surface area contributed by atoms with E-state index in [1.54, 1.807) is 13.8 Å². The highest BCUT2D eigenvalue weighted by molar-refractivity contribution is 5.71. The van der Waals surface area contributed by atoms with Crippen molar-refractivity contribution in [2.75, 3.05) is 0 Å². The van der Waals surface area contributed by atoms with Crippen molar-refractivity contribution < 1.29 is 23.8 Å². The predicted molar refractivity (Wildman–Crippen MR) is 78.9 cm³/mol. The number of rotatable bonds is 9. The van der Waals surface area contributed by atoms with Crippen LogP contribution in [0.1, 0.15) is 60.8 Å². The normalized spacial score (nSPS) is 15.7. The Morgan fingerprint density at radius 3 is 2.19 bits per heavy atom. The van der Waals surface area contributed by atoms with E-state index in [0.717, 1.165) is 12.8 Å². The first-order valence-electron chi connectivity index (χ1n) is 7.42. The molecule has 1 unspecified atom stereocenters. The maximum atomic E-state index is 11.7. The van der Waals surface area contributed by atoms with E-state index in [1.807, 2.05) is 0 Å². The average Bonchev–Trinajstić information content (AvgIpc) is 2.25. The maximum Gasteiger partial charge on any atom is 0.310 e. The number of hydrogen-bond donors (Lipinski definition) is 1. The van der Waals surface area contributed by atoms with Crippen LogP contribution in [0.2, 0.25) is 0 Å². The van der Waals surface area contributed by atoms with Crippen molar-refractivity contribution in [1.29, 1.82) is 0 Å². The van der Waals surface area contributed by atoms with Gasteiger partial charge in [-0.1, -0.05) is 34.1 Å². The molecule has 6 heteroatoms. The molecule has 0 aliphatic rings. The van der Waals surface area contributed by atoms with Gasteiger partial charge in [-0.05, 0) is 19.3 Å². The van der Waals surface area contributed by atoms with Gasteiger partial charge in [0.1, 0.15) is 0 Å². The summed E-state index contributed by atoms with van der Waals surface area (Å²) in [5.74, 6) is -2.18. The maximum absolute atomic E-state index is 11.7. The Morgan fingerprint density at radius 2 is 1.71 bits per heavy atom. The van der Waals surface area contributed by atoms with Crippen molar-refractivity contribution in [3.8, 4) is 0 Å². The molecular weight excluding hydrogens is 274 g/mol. The van der Waals surface area contributed by atoms with Crippen LogP contribution in [0.15, 0.2) is 0 Å². The standard InChI is InChI=1S/C15H29NO5/c1-10(2)8-7-9-13(17)21-15(6,16)20-12(5)19-14(18)11(3)4/h10-12H,7-9,16H2,1-6H3/t12-,15?/m0/s1. The van der Waals surface area contributed by atoms with Gasteiger partial charge in [-0.2, -0.15) is 0 Å². The van der Waals surface area contributed by atoms with Gasteiger partial charge in [-0.25, -0.2) is 0 Å². The molecule has 0 saturated carbocycles. The minimum Gasteiger partial charge on any atom is -0.436 e. The van der Waals surface area contributed by atoms with Gasteiger partial charge in [0.15, 0.2) is 0 Å². The number of hydrogen-bond acceptors (Lipinski definition) is 6. The molecule has 0 aliphatic heterocycles. The van der Waals surface area contributed by atoms with Gasteiger partial charge >= 0.3 is 11.9 Å². The highest BCUT2D eigenvalue weighted by atomic mass is 16.8. The Labute approximate surface area is 127 Å². The minimum atomic E-state index is -1.62. The van der Waals surface area contributed by atoms with Gasteiger partial charge in [0.25, 0.3) is 5.91 Å². The molecule has 0 heterocycles. The Kier molecular flexibility index (Phi) is 8.51. The van der Waals surface area contributed by atoms with Crippen molar-refractivity contribution in [2.45, 2.75) is 73.0 Å². The number of esters is 2. The topological polar surface area (TPSA) is 87.8 Å². The van der Waals surface area contributed by atoms with Gasteiger partial charge in [-0.3, -0.25) is 20.1 Å². The highest BCUT2D eigenvalue weighted by Crippen LogP contribution is 2.14. The number of ether oxygens (including phenoxy) is 3. The summed E-state index contributed by atoms with van der Waals surface area (Å²) in [6.07, 6.45) is 1.08. The van der Waals surface area contributed by atoms with Crippen molar-refractivity contribution in [1.82, 2.24) is 0 Å². The van der Waals surface area contributed by atoms with Crippen LogP contribution in [-0.4, -0.2) is 24.1 Å². The van der Waals surface area contributed by atoms with E-state index < -0.39 is 24.1 Å². The van der Waals surface area contributed by atoms with Crippen LogP contribution in [-0.2, 0) is 23.8 Å². The quantitative estimate of drug-likeness (QED) is 0.520. The molecule has 0 aromatic carbocycles. The fraction of sp³-hybridized carbons (Fsp3) is 0.867. The number of nitrogens with two attached hydrogens (primary N) is 1. The second kappa shape index (κ2) is 9.00. The Balaban J connectivity index is 4.17. The molecule has 0 saturated heterocycles. The summed E-state index contributed by atoms with van der Waals surface area (Å²) in [7, 11) is 0. The lowest BCUT2D eigenvalue weighted by atomic mass is 10.1. The van der Waals surface area contributed by atoms with Crippen molar-refractivity contribution in [3.63, 3.8) is 0 Å². The molecule has 0 aromatic heterocycles. The number of carbonyl (C=O) groups is 2. The predicted octanol–water partition coefficient (Wildman–Crippen LogP) is 2.55. The average molecular weight is 303 g/mol. The molecule has 2 N–H and O–H groups in total. The van der Waals surface area contributed by atoms with E-state index in [9.17, 15) is 9.59 Å². The molecule has 0 bridgehead atoms. The lowest BCUT2D eigenvalue weighted by Crippen LogP contribution is -2.47. The van der Waals surface area contributed by atoms with Gasteiger partial charge in [0.05, 0.1) is 5.92 Å². The third-order valence-corrected chi connectivity index (χ3v) is 2.63. The molecule has 0 aromatic rings. The zero-order chi connectivity index (χ0) is 16.6. The van der Waals surface area contributed by atoms with Crippen LogP contribution >= 0.6 is 0 Å². The summed E-state index contributed by atoms with van der Waals surface area (Å²) in [6.45, 7) is 10.5. The lowest BCUT2D eigenvalue weighted by molar-refractivity contribution is -0.278. The Morgan fingerprint density at radius 1 is 1.14 bits per heavy atom. The number of carbonyl (C=O) groups excluding carboxylic acids is 2. The molecule has 21 heavy (non-hydrogen) atoms. The fourth-order valence-corrected chi connectivity index (χ4v) is 1.61. The summed E-state index contributed by atoms with van der Waals surface area (Å²) in [4.78, 5) is 23.1. The van der Waals surface area contributed by atoms with E-state index in [-0.39, 0.29) is 12.3 Å². The fourth-order valence-electron chi connectivity index (χ4n) is 1.61. The summed E-state index contributed by atoms with van der Waals surface area (Å²) >= 11 is 0. The van der Waals surface area contributed by atoms with Crippen LogP contribution in [0.25, 0.3) is 0 Å². The third kappa shape index (κ3) is 10.3. The largest absolute Gasteiger partial charge is 0.436 e. The molecule has 0 spiro atoms. The van der Waals surface area contributed by atoms with E-state index >= 15 is 0 Å². The summed E-state index contributed by atoms with van der Waals surface area (Å²) in [6, 6.07) is 0. The second-order valence-corrected chi connectivity index (χ2v) is 6.05. The van der Waals surface area contributed by atoms with E-state index in [4.69, 9.17) is 19.9 Å². The second-order valence-electron chi connectivity index (χ2n) is 6.05. The minimum absolute atomic E-state index is 0.265. The molecule has 124 valence electrons. The zero-order valence-electron chi connectivity index (χ0n) is 14.0.